The average molecular weight is 252 g/mol. The van der Waals surface area contributed by atoms with Crippen LogP contribution in [0, 0.1) is 5.92 Å². The molecule has 0 saturated carbocycles. The van der Waals surface area contributed by atoms with Gasteiger partial charge in [-0.1, -0.05) is 0 Å². The van der Waals surface area contributed by atoms with Gasteiger partial charge in [0.15, 0.2) is 0 Å². The fourth-order valence-corrected chi connectivity index (χ4v) is 2.93. The Bertz CT molecular complexity index is 344. The second-order valence-corrected chi connectivity index (χ2v) is 5.33. The predicted octanol–water partition coefficient (Wildman–Crippen LogP) is 2.21. The third-order valence-corrected chi connectivity index (χ3v) is 4.06. The van der Waals surface area contributed by atoms with Crippen LogP contribution in [-0.4, -0.2) is 37.0 Å². The highest BCUT2D eigenvalue weighted by Gasteiger charge is 2.20. The van der Waals surface area contributed by atoms with Crippen molar-refractivity contribution < 1.29 is 4.79 Å². The number of nitrogens with one attached hydrogen (secondary N) is 1. The topological polar surface area (TPSA) is 32.3 Å². The van der Waals surface area contributed by atoms with Gasteiger partial charge in [0.25, 0.3) is 5.91 Å². The second kappa shape index (κ2) is 6.17. The second-order valence-electron chi connectivity index (χ2n) is 4.55. The zero-order valence-corrected chi connectivity index (χ0v) is 11.1. The molecule has 0 radical (unpaired) electrons. The molecule has 1 amide bonds. The van der Waals surface area contributed by atoms with Gasteiger partial charge in [-0.15, -0.1) is 0 Å². The van der Waals surface area contributed by atoms with Crippen molar-refractivity contribution in [2.45, 2.75) is 19.8 Å². The number of carbonyl (C=O) groups is 1. The lowest BCUT2D eigenvalue weighted by atomic mass is 9.97. The summed E-state index contributed by atoms with van der Waals surface area (Å²) < 4.78 is 0. The maximum absolute atomic E-state index is 12.2. The average Bonchev–Trinajstić information content (AvgIpc) is 2.90. The number of thiophene rings is 1. The Hall–Kier alpha value is -0.870. The van der Waals surface area contributed by atoms with Crippen molar-refractivity contribution in [3.05, 3.63) is 22.4 Å². The van der Waals surface area contributed by atoms with Crippen molar-refractivity contribution in [3.63, 3.8) is 0 Å². The van der Waals surface area contributed by atoms with Crippen molar-refractivity contribution in [1.29, 1.82) is 0 Å². The van der Waals surface area contributed by atoms with E-state index in [9.17, 15) is 4.79 Å². The van der Waals surface area contributed by atoms with Gasteiger partial charge in [-0.05, 0) is 50.2 Å². The molecule has 2 rings (SSSR count). The molecule has 1 aromatic rings. The molecular weight excluding hydrogens is 232 g/mol. The summed E-state index contributed by atoms with van der Waals surface area (Å²) >= 11 is 1.58. The van der Waals surface area contributed by atoms with E-state index in [2.05, 4.69) is 12.2 Å². The first-order chi connectivity index (χ1) is 8.31. The van der Waals surface area contributed by atoms with Gasteiger partial charge in [0, 0.05) is 18.5 Å². The predicted molar refractivity (Wildman–Crippen MR) is 71.5 cm³/mol. The Morgan fingerprint density at radius 2 is 2.29 bits per heavy atom. The Kier molecular flexibility index (Phi) is 4.57. The number of carbonyl (C=O) groups excluding carboxylic acids is 1. The number of amides is 1. The minimum atomic E-state index is 0.187. The van der Waals surface area contributed by atoms with E-state index in [1.165, 1.54) is 12.8 Å². The molecular formula is C13H20N2OS. The Balaban J connectivity index is 1.93. The third kappa shape index (κ3) is 3.30. The van der Waals surface area contributed by atoms with Gasteiger partial charge in [-0.3, -0.25) is 4.79 Å². The van der Waals surface area contributed by atoms with Crippen molar-refractivity contribution in [2.75, 3.05) is 26.2 Å². The smallest absolute Gasteiger partial charge is 0.254 e. The SMILES string of the molecule is CCN(CC1CCNCC1)C(=O)c1ccsc1. The van der Waals surface area contributed by atoms with Crippen LogP contribution < -0.4 is 5.32 Å². The highest BCUT2D eigenvalue weighted by molar-refractivity contribution is 7.08. The minimum absolute atomic E-state index is 0.187. The molecule has 0 bridgehead atoms. The summed E-state index contributed by atoms with van der Waals surface area (Å²) in [6.45, 7) is 5.96. The number of nitrogens with zero attached hydrogens (tertiary/aromatic N) is 1. The highest BCUT2D eigenvalue weighted by Crippen LogP contribution is 2.16. The molecule has 0 atom stereocenters. The summed E-state index contributed by atoms with van der Waals surface area (Å²) in [7, 11) is 0. The molecule has 2 heterocycles. The molecule has 1 saturated heterocycles. The summed E-state index contributed by atoms with van der Waals surface area (Å²) in [5.74, 6) is 0.853. The van der Waals surface area contributed by atoms with Crippen molar-refractivity contribution in [3.8, 4) is 0 Å². The van der Waals surface area contributed by atoms with Gasteiger partial charge in [-0.25, -0.2) is 0 Å². The lowest BCUT2D eigenvalue weighted by Gasteiger charge is -2.29. The number of hydrogen-bond acceptors (Lipinski definition) is 3. The van der Waals surface area contributed by atoms with E-state index in [0.29, 0.717) is 5.92 Å². The van der Waals surface area contributed by atoms with E-state index in [-0.39, 0.29) is 5.91 Å². The Labute approximate surface area is 107 Å². The lowest BCUT2D eigenvalue weighted by Crippen LogP contribution is -2.39. The van der Waals surface area contributed by atoms with Crippen LogP contribution in [0.1, 0.15) is 30.1 Å². The Morgan fingerprint density at radius 1 is 1.53 bits per heavy atom. The van der Waals surface area contributed by atoms with E-state index in [4.69, 9.17) is 0 Å². The largest absolute Gasteiger partial charge is 0.339 e. The molecule has 0 aromatic carbocycles. The van der Waals surface area contributed by atoms with Crippen molar-refractivity contribution in [2.24, 2.45) is 5.92 Å². The van der Waals surface area contributed by atoms with Crippen LogP contribution >= 0.6 is 11.3 Å². The molecule has 1 fully saturated rings. The van der Waals surface area contributed by atoms with Crippen molar-refractivity contribution >= 4 is 17.2 Å². The molecule has 1 aromatic heterocycles. The van der Waals surface area contributed by atoms with E-state index in [1.807, 2.05) is 21.7 Å². The molecule has 0 spiro atoms. The summed E-state index contributed by atoms with van der Waals surface area (Å²) in [6, 6.07) is 1.91. The molecule has 0 aliphatic carbocycles. The minimum Gasteiger partial charge on any atom is -0.339 e. The van der Waals surface area contributed by atoms with Crippen LogP contribution in [0.2, 0.25) is 0 Å². The molecule has 3 nitrogen and oxygen atoms in total. The zero-order valence-electron chi connectivity index (χ0n) is 10.3. The van der Waals surface area contributed by atoms with Gasteiger partial charge in [0.2, 0.25) is 0 Å². The molecule has 0 unspecified atom stereocenters. The first-order valence-electron chi connectivity index (χ1n) is 6.33. The fourth-order valence-electron chi connectivity index (χ4n) is 2.30. The van der Waals surface area contributed by atoms with Crippen LogP contribution in [0.15, 0.2) is 16.8 Å². The first-order valence-corrected chi connectivity index (χ1v) is 7.27. The zero-order chi connectivity index (χ0) is 12.1. The molecule has 1 N–H and O–H groups in total. The Morgan fingerprint density at radius 3 is 2.88 bits per heavy atom. The summed E-state index contributed by atoms with van der Waals surface area (Å²) in [5.41, 5.74) is 0.839. The van der Waals surface area contributed by atoms with E-state index < -0.39 is 0 Å². The van der Waals surface area contributed by atoms with E-state index in [1.54, 1.807) is 11.3 Å². The normalized spacial score (nSPS) is 17.0. The maximum Gasteiger partial charge on any atom is 0.254 e. The molecule has 94 valence electrons. The first kappa shape index (κ1) is 12.6. The summed E-state index contributed by atoms with van der Waals surface area (Å²) in [4.78, 5) is 14.2. The summed E-state index contributed by atoms with van der Waals surface area (Å²) in [5, 5.41) is 7.26. The number of piperidine rings is 1. The molecule has 4 heteroatoms. The van der Waals surface area contributed by atoms with Gasteiger partial charge >= 0.3 is 0 Å². The van der Waals surface area contributed by atoms with Crippen molar-refractivity contribution in [1.82, 2.24) is 10.2 Å². The number of rotatable bonds is 4. The van der Waals surface area contributed by atoms with Gasteiger partial charge < -0.3 is 10.2 Å². The van der Waals surface area contributed by atoms with Crippen LogP contribution in [-0.2, 0) is 0 Å². The monoisotopic (exact) mass is 252 g/mol. The third-order valence-electron chi connectivity index (χ3n) is 3.37. The molecule has 1 aliphatic heterocycles. The van der Waals surface area contributed by atoms with E-state index >= 15 is 0 Å². The standard InChI is InChI=1S/C13H20N2OS/c1-2-15(9-11-3-6-14-7-4-11)13(16)12-5-8-17-10-12/h5,8,10-11,14H,2-4,6-7,9H2,1H3. The fraction of sp³-hybridized carbons (Fsp3) is 0.615. The maximum atomic E-state index is 12.2. The van der Waals surface area contributed by atoms with Crippen LogP contribution in [0.4, 0.5) is 0 Å². The van der Waals surface area contributed by atoms with Gasteiger partial charge in [0.05, 0.1) is 5.56 Å². The van der Waals surface area contributed by atoms with Crippen LogP contribution in [0.3, 0.4) is 0 Å². The highest BCUT2D eigenvalue weighted by atomic mass is 32.1. The van der Waals surface area contributed by atoms with Crippen LogP contribution in [0.5, 0.6) is 0 Å². The quantitative estimate of drug-likeness (QED) is 0.891. The van der Waals surface area contributed by atoms with Crippen LogP contribution in [0.25, 0.3) is 0 Å². The van der Waals surface area contributed by atoms with Gasteiger partial charge in [-0.2, -0.15) is 11.3 Å². The molecule has 1 aliphatic rings. The number of hydrogen-bond donors (Lipinski definition) is 1. The lowest BCUT2D eigenvalue weighted by molar-refractivity contribution is 0.0727. The van der Waals surface area contributed by atoms with Gasteiger partial charge in [0.1, 0.15) is 0 Å². The summed E-state index contributed by atoms with van der Waals surface area (Å²) in [6.07, 6.45) is 2.38. The molecule has 17 heavy (non-hydrogen) atoms. The van der Waals surface area contributed by atoms with E-state index in [0.717, 1.165) is 31.7 Å².